The van der Waals surface area contributed by atoms with Crippen molar-refractivity contribution in [3.8, 4) is 0 Å². The topological polar surface area (TPSA) is 71.1 Å². The second kappa shape index (κ2) is 10.4. The van der Waals surface area contributed by atoms with Gasteiger partial charge in [0.1, 0.15) is 5.82 Å². The third-order valence-corrected chi connectivity index (χ3v) is 5.54. The van der Waals surface area contributed by atoms with Crippen LogP contribution < -0.4 is 10.6 Å². The lowest BCUT2D eigenvalue weighted by atomic mass is 10.1. The largest absolute Gasteiger partial charge is 0.326 e. The molecule has 0 aliphatic heterocycles. The van der Waals surface area contributed by atoms with Crippen LogP contribution in [0.2, 0.25) is 0 Å². The highest BCUT2D eigenvalue weighted by Crippen LogP contribution is 2.28. The zero-order chi connectivity index (χ0) is 20.5. The van der Waals surface area contributed by atoms with E-state index in [4.69, 9.17) is 0 Å². The van der Waals surface area contributed by atoms with Gasteiger partial charge in [-0.2, -0.15) is 0 Å². The first-order chi connectivity index (χ1) is 14.1. The molecule has 0 saturated carbocycles. The van der Waals surface area contributed by atoms with Gasteiger partial charge in [-0.1, -0.05) is 49.4 Å². The monoisotopic (exact) mass is 405 g/mol. The molecule has 0 aliphatic rings. The van der Waals surface area contributed by atoms with E-state index >= 15 is 0 Å². The molecule has 148 valence electrons. The van der Waals surface area contributed by atoms with E-state index in [1.54, 1.807) is 18.3 Å². The quantitative estimate of drug-likeness (QED) is 0.530. The lowest BCUT2D eigenvalue weighted by Crippen LogP contribution is -2.25. The molecular formula is C23H23N3O2S. The Kier molecular flexibility index (Phi) is 7.41. The summed E-state index contributed by atoms with van der Waals surface area (Å²) in [7, 11) is 0. The van der Waals surface area contributed by atoms with E-state index in [-0.39, 0.29) is 17.1 Å². The van der Waals surface area contributed by atoms with Gasteiger partial charge in [0.2, 0.25) is 11.8 Å². The molecular weight excluding hydrogens is 382 g/mol. The second-order valence-corrected chi connectivity index (χ2v) is 7.73. The lowest BCUT2D eigenvalue weighted by molar-refractivity contribution is -0.116. The van der Waals surface area contributed by atoms with Gasteiger partial charge in [-0.25, -0.2) is 4.98 Å². The second-order valence-electron chi connectivity index (χ2n) is 6.46. The van der Waals surface area contributed by atoms with Crippen LogP contribution in [0.15, 0.2) is 83.9 Å². The zero-order valence-corrected chi connectivity index (χ0v) is 17.0. The minimum Gasteiger partial charge on any atom is -0.326 e. The van der Waals surface area contributed by atoms with E-state index in [9.17, 15) is 9.59 Å². The molecule has 5 nitrogen and oxygen atoms in total. The molecule has 0 aliphatic carbocycles. The van der Waals surface area contributed by atoms with Gasteiger partial charge in [0.05, 0.1) is 11.7 Å². The summed E-state index contributed by atoms with van der Waals surface area (Å²) in [5.41, 5.74) is 1.68. The molecule has 0 bridgehead atoms. The number of anilines is 2. The van der Waals surface area contributed by atoms with Crippen LogP contribution in [0.5, 0.6) is 0 Å². The smallest absolute Gasteiger partial charge is 0.239 e. The Labute approximate surface area is 175 Å². The van der Waals surface area contributed by atoms with Crippen molar-refractivity contribution in [2.45, 2.75) is 29.9 Å². The first kappa shape index (κ1) is 20.6. The SMILES string of the molecule is CCC(Sc1cccc(NC(=O)Cc2ccccc2)c1)C(=O)Nc1ccccn1. The number of hydrogen-bond donors (Lipinski definition) is 2. The molecule has 2 amide bonds. The molecule has 1 unspecified atom stereocenters. The van der Waals surface area contributed by atoms with Crippen LogP contribution in [0, 0.1) is 0 Å². The molecule has 3 aromatic rings. The van der Waals surface area contributed by atoms with E-state index in [0.29, 0.717) is 18.7 Å². The Morgan fingerprint density at radius 2 is 1.76 bits per heavy atom. The van der Waals surface area contributed by atoms with Crippen LogP contribution in [0.25, 0.3) is 0 Å². The van der Waals surface area contributed by atoms with Crippen molar-refractivity contribution in [3.63, 3.8) is 0 Å². The minimum absolute atomic E-state index is 0.0710. The van der Waals surface area contributed by atoms with Gasteiger partial charge in [0.15, 0.2) is 0 Å². The Morgan fingerprint density at radius 3 is 2.48 bits per heavy atom. The summed E-state index contributed by atoms with van der Waals surface area (Å²) < 4.78 is 0. The maximum atomic E-state index is 12.6. The van der Waals surface area contributed by atoms with E-state index in [1.165, 1.54) is 11.8 Å². The van der Waals surface area contributed by atoms with Gasteiger partial charge in [0.25, 0.3) is 0 Å². The molecule has 0 radical (unpaired) electrons. The molecule has 3 rings (SSSR count). The Hall–Kier alpha value is -3.12. The summed E-state index contributed by atoms with van der Waals surface area (Å²) in [4.78, 5) is 29.9. The van der Waals surface area contributed by atoms with Gasteiger partial charge >= 0.3 is 0 Å². The number of nitrogens with zero attached hydrogens (tertiary/aromatic N) is 1. The number of carbonyl (C=O) groups is 2. The van der Waals surface area contributed by atoms with Crippen LogP contribution in [0.4, 0.5) is 11.5 Å². The van der Waals surface area contributed by atoms with Crippen molar-refractivity contribution in [1.29, 1.82) is 0 Å². The molecule has 6 heteroatoms. The molecule has 0 fully saturated rings. The van der Waals surface area contributed by atoms with Gasteiger partial charge in [-0.3, -0.25) is 9.59 Å². The Balaban J connectivity index is 1.60. The highest BCUT2D eigenvalue weighted by Gasteiger charge is 2.18. The van der Waals surface area contributed by atoms with Crippen LogP contribution in [-0.2, 0) is 16.0 Å². The Morgan fingerprint density at radius 1 is 0.966 bits per heavy atom. The van der Waals surface area contributed by atoms with Crippen LogP contribution in [-0.4, -0.2) is 22.0 Å². The first-order valence-electron chi connectivity index (χ1n) is 9.46. The van der Waals surface area contributed by atoms with E-state index in [2.05, 4.69) is 15.6 Å². The fourth-order valence-corrected chi connectivity index (χ4v) is 3.78. The third kappa shape index (κ3) is 6.47. The highest BCUT2D eigenvalue weighted by atomic mass is 32.2. The van der Waals surface area contributed by atoms with Gasteiger partial charge in [-0.15, -0.1) is 11.8 Å². The number of thioether (sulfide) groups is 1. The van der Waals surface area contributed by atoms with Gasteiger partial charge in [-0.05, 0) is 42.3 Å². The van der Waals surface area contributed by atoms with Crippen LogP contribution in [0.3, 0.4) is 0 Å². The molecule has 29 heavy (non-hydrogen) atoms. The van der Waals surface area contributed by atoms with Crippen molar-refractivity contribution < 1.29 is 9.59 Å². The summed E-state index contributed by atoms with van der Waals surface area (Å²) in [6, 6.07) is 22.6. The molecule has 1 atom stereocenters. The van der Waals surface area contributed by atoms with Crippen molar-refractivity contribution in [3.05, 3.63) is 84.6 Å². The molecule has 1 heterocycles. The third-order valence-electron chi connectivity index (χ3n) is 4.18. The normalized spacial score (nSPS) is 11.5. The van der Waals surface area contributed by atoms with Crippen LogP contribution in [0.1, 0.15) is 18.9 Å². The zero-order valence-electron chi connectivity index (χ0n) is 16.2. The van der Waals surface area contributed by atoms with Crippen molar-refractivity contribution in [1.82, 2.24) is 4.98 Å². The summed E-state index contributed by atoms with van der Waals surface area (Å²) >= 11 is 1.47. The summed E-state index contributed by atoms with van der Waals surface area (Å²) in [6.45, 7) is 1.97. The average Bonchev–Trinajstić information content (AvgIpc) is 2.73. The van der Waals surface area contributed by atoms with Crippen molar-refractivity contribution in [2.75, 3.05) is 10.6 Å². The highest BCUT2D eigenvalue weighted by molar-refractivity contribution is 8.00. The van der Waals surface area contributed by atoms with Crippen molar-refractivity contribution >= 4 is 35.1 Å². The Bertz CT molecular complexity index is 949. The summed E-state index contributed by atoms with van der Waals surface area (Å²) in [5.74, 6) is 0.381. The predicted octanol–water partition coefficient (Wildman–Crippen LogP) is 4.77. The molecule has 2 N–H and O–H groups in total. The van der Waals surface area contributed by atoms with Crippen molar-refractivity contribution in [2.24, 2.45) is 0 Å². The number of nitrogens with one attached hydrogen (secondary N) is 2. The van der Waals surface area contributed by atoms with E-state index in [1.807, 2.05) is 67.6 Å². The average molecular weight is 406 g/mol. The lowest BCUT2D eigenvalue weighted by Gasteiger charge is -2.15. The predicted molar refractivity (Wildman–Crippen MR) is 118 cm³/mol. The fourth-order valence-electron chi connectivity index (χ4n) is 2.76. The maximum Gasteiger partial charge on any atom is 0.239 e. The van der Waals surface area contributed by atoms with E-state index < -0.39 is 0 Å². The summed E-state index contributed by atoms with van der Waals surface area (Å²) in [5, 5.41) is 5.52. The number of rotatable bonds is 8. The molecule has 1 aromatic heterocycles. The summed E-state index contributed by atoms with van der Waals surface area (Å²) in [6.07, 6.45) is 2.64. The number of pyridine rings is 1. The first-order valence-corrected chi connectivity index (χ1v) is 10.3. The number of amides is 2. The maximum absolute atomic E-state index is 12.6. The van der Waals surface area contributed by atoms with Gasteiger partial charge < -0.3 is 10.6 Å². The number of aromatic nitrogens is 1. The molecule has 0 spiro atoms. The minimum atomic E-state index is -0.257. The van der Waals surface area contributed by atoms with Gasteiger partial charge in [0, 0.05) is 16.8 Å². The number of carbonyl (C=O) groups excluding carboxylic acids is 2. The molecule has 2 aromatic carbocycles. The number of hydrogen-bond acceptors (Lipinski definition) is 4. The fraction of sp³-hybridized carbons (Fsp3) is 0.174. The van der Waals surface area contributed by atoms with Crippen LogP contribution >= 0.6 is 11.8 Å². The standard InChI is InChI=1S/C23H23N3O2S/c1-2-20(23(28)26-21-13-6-7-14-24-21)29-19-12-8-11-18(16-19)25-22(27)15-17-9-4-3-5-10-17/h3-14,16,20H,2,15H2,1H3,(H,25,27)(H,24,26,28). The van der Waals surface area contributed by atoms with E-state index in [0.717, 1.165) is 16.1 Å². The number of benzene rings is 2. The molecule has 0 saturated heterocycles.